The first-order valence-corrected chi connectivity index (χ1v) is 9.02. The van der Waals surface area contributed by atoms with Crippen molar-refractivity contribution in [3.05, 3.63) is 0 Å². The fourth-order valence-corrected chi connectivity index (χ4v) is 4.17. The molecule has 0 spiro atoms. The molecular formula is C11H23BF2N4O6S. The number of halogens is 2. The Balaban J connectivity index is 2.90. The summed E-state index contributed by atoms with van der Waals surface area (Å²) in [5.41, 5.74) is 9.05. The van der Waals surface area contributed by atoms with E-state index in [9.17, 15) is 27.1 Å². The summed E-state index contributed by atoms with van der Waals surface area (Å²) in [5.74, 6) is -2.24. The van der Waals surface area contributed by atoms with Crippen LogP contribution in [0.5, 0.6) is 0 Å². The van der Waals surface area contributed by atoms with Crippen LogP contribution in [0.3, 0.4) is 0 Å². The van der Waals surface area contributed by atoms with E-state index in [1.165, 1.54) is 0 Å². The van der Waals surface area contributed by atoms with Crippen molar-refractivity contribution in [1.29, 1.82) is 0 Å². The monoisotopic (exact) mass is 388 g/mol. The SMILES string of the molecule is NC[C@@H](NS(=O)(=O)N1C[C@H](CCCB(O)O)[C@](N)(C(=O)O)C1)C(F)F. The first-order valence-electron chi connectivity index (χ1n) is 7.58. The van der Waals surface area contributed by atoms with Gasteiger partial charge in [-0.1, -0.05) is 6.42 Å². The van der Waals surface area contributed by atoms with E-state index in [2.05, 4.69) is 0 Å². The molecule has 0 bridgehead atoms. The average Bonchev–Trinajstić information content (AvgIpc) is 2.84. The Morgan fingerprint density at radius 3 is 2.48 bits per heavy atom. The highest BCUT2D eigenvalue weighted by molar-refractivity contribution is 7.87. The zero-order valence-corrected chi connectivity index (χ0v) is 14.2. The maximum Gasteiger partial charge on any atom is 0.451 e. The maximum absolute atomic E-state index is 12.7. The quantitative estimate of drug-likeness (QED) is 0.220. The molecule has 1 aliphatic rings. The van der Waals surface area contributed by atoms with Gasteiger partial charge in [-0.25, -0.2) is 8.78 Å². The number of hydrogen-bond donors (Lipinski definition) is 6. The minimum absolute atomic E-state index is 0.0299. The van der Waals surface area contributed by atoms with Gasteiger partial charge in [0.2, 0.25) is 0 Å². The van der Waals surface area contributed by atoms with Crippen molar-refractivity contribution in [3.63, 3.8) is 0 Å². The van der Waals surface area contributed by atoms with E-state index < -0.39 is 60.3 Å². The predicted octanol–water partition coefficient (Wildman–Crippen LogP) is -2.62. The van der Waals surface area contributed by atoms with Gasteiger partial charge in [-0.15, -0.1) is 0 Å². The number of rotatable bonds is 10. The molecule has 1 rings (SSSR count). The van der Waals surface area contributed by atoms with Crippen LogP contribution in [-0.2, 0) is 15.0 Å². The number of alkyl halides is 2. The summed E-state index contributed by atoms with van der Waals surface area (Å²) in [7, 11) is -5.99. The van der Waals surface area contributed by atoms with Crippen LogP contribution in [0.2, 0.25) is 6.32 Å². The highest BCUT2D eigenvalue weighted by atomic mass is 32.2. The van der Waals surface area contributed by atoms with Gasteiger partial charge in [0, 0.05) is 25.6 Å². The maximum atomic E-state index is 12.7. The van der Waals surface area contributed by atoms with Crippen LogP contribution < -0.4 is 16.2 Å². The molecule has 0 amide bonds. The molecule has 3 atom stereocenters. The van der Waals surface area contributed by atoms with Gasteiger partial charge in [-0.2, -0.15) is 17.4 Å². The van der Waals surface area contributed by atoms with Crippen LogP contribution in [-0.4, -0.2) is 78.6 Å². The second-order valence-corrected chi connectivity index (χ2v) is 7.75. The molecule has 8 N–H and O–H groups in total. The molecule has 146 valence electrons. The molecule has 1 saturated heterocycles. The molecule has 0 radical (unpaired) electrons. The van der Waals surface area contributed by atoms with E-state index in [1.807, 2.05) is 0 Å². The van der Waals surface area contributed by atoms with Crippen molar-refractivity contribution in [1.82, 2.24) is 9.03 Å². The smallest absolute Gasteiger partial charge is 0.451 e. The summed E-state index contributed by atoms with van der Waals surface area (Å²) >= 11 is 0. The molecule has 1 aliphatic heterocycles. The largest absolute Gasteiger partial charge is 0.480 e. The Morgan fingerprint density at radius 1 is 1.44 bits per heavy atom. The molecule has 0 saturated carbocycles. The first kappa shape index (κ1) is 22.1. The number of nitrogens with zero attached hydrogens (tertiary/aromatic N) is 1. The number of aliphatic carboxylic acids is 1. The van der Waals surface area contributed by atoms with Crippen LogP contribution in [0.25, 0.3) is 0 Å². The van der Waals surface area contributed by atoms with Gasteiger partial charge < -0.3 is 26.6 Å². The Labute approximate surface area is 144 Å². The molecule has 1 heterocycles. The lowest BCUT2D eigenvalue weighted by molar-refractivity contribution is -0.144. The Kier molecular flexibility index (Phi) is 7.67. The topological polar surface area (TPSA) is 179 Å². The first-order chi connectivity index (χ1) is 11.4. The fourth-order valence-electron chi connectivity index (χ4n) is 2.68. The molecule has 0 aromatic rings. The van der Waals surface area contributed by atoms with Gasteiger partial charge in [0.15, 0.2) is 0 Å². The van der Waals surface area contributed by atoms with E-state index in [0.29, 0.717) is 4.31 Å². The summed E-state index contributed by atoms with van der Waals surface area (Å²) < 4.78 is 52.4. The minimum Gasteiger partial charge on any atom is -0.480 e. The predicted molar refractivity (Wildman–Crippen MR) is 84.8 cm³/mol. The van der Waals surface area contributed by atoms with Gasteiger partial charge >= 0.3 is 13.1 Å². The van der Waals surface area contributed by atoms with Crippen molar-refractivity contribution in [3.8, 4) is 0 Å². The Hall–Kier alpha value is -0.895. The third-order valence-electron chi connectivity index (χ3n) is 4.20. The van der Waals surface area contributed by atoms with Gasteiger partial charge in [0.1, 0.15) is 5.54 Å². The van der Waals surface area contributed by atoms with Crippen molar-refractivity contribution in [2.75, 3.05) is 19.6 Å². The van der Waals surface area contributed by atoms with E-state index >= 15 is 0 Å². The van der Waals surface area contributed by atoms with E-state index in [0.717, 1.165) is 0 Å². The summed E-state index contributed by atoms with van der Waals surface area (Å²) in [5, 5.41) is 27.0. The number of carboxylic acid groups (broad SMARTS) is 1. The highest BCUT2D eigenvalue weighted by Crippen LogP contribution is 2.32. The lowest BCUT2D eigenvalue weighted by Gasteiger charge is -2.25. The molecule has 0 aromatic carbocycles. The van der Waals surface area contributed by atoms with Crippen molar-refractivity contribution >= 4 is 23.3 Å². The second kappa shape index (κ2) is 8.66. The fraction of sp³-hybridized carbons (Fsp3) is 0.909. The second-order valence-electron chi connectivity index (χ2n) is 6.05. The minimum atomic E-state index is -4.41. The van der Waals surface area contributed by atoms with Crippen LogP contribution >= 0.6 is 0 Å². The van der Waals surface area contributed by atoms with Crippen LogP contribution in [0, 0.1) is 5.92 Å². The number of nitrogens with one attached hydrogen (secondary N) is 1. The molecule has 1 fully saturated rings. The molecule has 25 heavy (non-hydrogen) atoms. The zero-order valence-electron chi connectivity index (χ0n) is 13.4. The molecular weight excluding hydrogens is 365 g/mol. The third kappa shape index (κ3) is 5.54. The van der Waals surface area contributed by atoms with Crippen molar-refractivity contribution in [2.24, 2.45) is 17.4 Å². The summed E-state index contributed by atoms with van der Waals surface area (Å²) in [6.07, 6.45) is -2.72. The standard InChI is InChI=1S/C11H23BF2N4O6S/c13-9(14)8(4-15)17-25(23,24)18-5-7(2-1-3-12(21)22)11(16,6-18)10(19)20/h7-9,17,21-22H,1-6,15-16H2,(H,19,20)/t7-,8+,11-/m0/s1. The van der Waals surface area contributed by atoms with E-state index in [-0.39, 0.29) is 25.7 Å². The third-order valence-corrected chi connectivity index (χ3v) is 5.76. The average molecular weight is 388 g/mol. The number of carbonyl (C=O) groups is 1. The zero-order chi connectivity index (χ0) is 19.4. The summed E-state index contributed by atoms with van der Waals surface area (Å²) in [6, 6.07) is -1.80. The molecule has 0 aliphatic carbocycles. The molecule has 0 unspecified atom stereocenters. The van der Waals surface area contributed by atoms with E-state index in [1.54, 1.807) is 4.72 Å². The summed E-state index contributed by atoms with van der Waals surface area (Å²) in [4.78, 5) is 11.5. The lowest BCUT2D eigenvalue weighted by Crippen LogP contribution is -2.56. The molecule has 10 nitrogen and oxygen atoms in total. The number of nitrogens with two attached hydrogens (primary N) is 2. The Morgan fingerprint density at radius 2 is 2.04 bits per heavy atom. The number of carboxylic acids is 1. The number of hydrogen-bond acceptors (Lipinski definition) is 7. The lowest BCUT2D eigenvalue weighted by atomic mass is 9.78. The normalized spacial score (nSPS) is 26.1. The van der Waals surface area contributed by atoms with Gasteiger partial charge in [-0.05, 0) is 12.7 Å². The molecule has 0 aromatic heterocycles. The van der Waals surface area contributed by atoms with E-state index in [4.69, 9.17) is 21.5 Å². The highest BCUT2D eigenvalue weighted by Gasteiger charge is 2.52. The van der Waals surface area contributed by atoms with Crippen molar-refractivity contribution in [2.45, 2.75) is 37.2 Å². The van der Waals surface area contributed by atoms with Crippen molar-refractivity contribution < 1.29 is 37.1 Å². The Bertz CT molecular complexity index is 569. The van der Waals surface area contributed by atoms with Crippen LogP contribution in [0.1, 0.15) is 12.8 Å². The van der Waals surface area contributed by atoms with Crippen LogP contribution in [0.15, 0.2) is 0 Å². The van der Waals surface area contributed by atoms with Gasteiger partial charge in [0.25, 0.3) is 16.6 Å². The van der Waals surface area contributed by atoms with Gasteiger partial charge in [-0.3, -0.25) is 4.79 Å². The van der Waals surface area contributed by atoms with Gasteiger partial charge in [0.05, 0.1) is 6.04 Å². The van der Waals surface area contributed by atoms with Crippen LogP contribution in [0.4, 0.5) is 8.78 Å². The molecule has 14 heteroatoms. The summed E-state index contributed by atoms with van der Waals surface area (Å²) in [6.45, 7) is -1.51.